The Morgan fingerprint density at radius 2 is 2.04 bits per heavy atom. The zero-order valence-electron chi connectivity index (χ0n) is 14.0. The van der Waals surface area contributed by atoms with E-state index in [1.165, 1.54) is 12.1 Å². The van der Waals surface area contributed by atoms with Crippen molar-refractivity contribution in [2.45, 2.75) is 32.2 Å². The Hall–Kier alpha value is -2.19. The fraction of sp³-hybridized carbons (Fsp3) is 0.375. The van der Waals surface area contributed by atoms with Gasteiger partial charge in [-0.25, -0.2) is 17.8 Å². The normalized spacial score (nSPS) is 11.7. The van der Waals surface area contributed by atoms with E-state index in [2.05, 4.69) is 29.0 Å². The molecule has 0 atom stereocenters. The Morgan fingerprint density at radius 1 is 1.29 bits per heavy atom. The number of carbonyl (C=O) groups excluding carboxylic acids is 1. The molecule has 0 radical (unpaired) electrons. The molecule has 0 aliphatic heterocycles. The van der Waals surface area contributed by atoms with Crippen LogP contribution in [0.25, 0.3) is 0 Å². The van der Waals surface area contributed by atoms with Crippen molar-refractivity contribution in [2.24, 2.45) is 5.92 Å². The first-order valence-electron chi connectivity index (χ1n) is 7.76. The van der Waals surface area contributed by atoms with Crippen molar-refractivity contribution in [3.63, 3.8) is 0 Å². The number of nitrogens with zero attached hydrogens (tertiary/aromatic N) is 2. The number of hydrogen-bond acceptors (Lipinski definition) is 4. The Kier molecular flexibility index (Phi) is 5.74. The van der Waals surface area contributed by atoms with Gasteiger partial charge in [0.2, 0.25) is 10.0 Å². The van der Waals surface area contributed by atoms with E-state index >= 15 is 0 Å². The molecule has 1 heterocycles. The predicted molar refractivity (Wildman–Crippen MR) is 92.3 cm³/mol. The van der Waals surface area contributed by atoms with E-state index in [-0.39, 0.29) is 22.9 Å². The summed E-state index contributed by atoms with van der Waals surface area (Å²) < 4.78 is 28.2. The number of rotatable bonds is 7. The van der Waals surface area contributed by atoms with Crippen molar-refractivity contribution >= 4 is 21.7 Å². The van der Waals surface area contributed by atoms with Crippen LogP contribution in [0, 0.1) is 5.92 Å². The molecule has 2 rings (SSSR count). The van der Waals surface area contributed by atoms with E-state index in [1.54, 1.807) is 36.0 Å². The molecule has 1 amide bonds. The minimum Gasteiger partial charge on any atom is -0.307 e. The highest BCUT2D eigenvalue weighted by Crippen LogP contribution is 2.15. The largest absolute Gasteiger partial charge is 0.307 e. The van der Waals surface area contributed by atoms with Crippen LogP contribution in [-0.4, -0.2) is 30.7 Å². The number of sulfonamides is 1. The molecule has 2 N–H and O–H groups in total. The van der Waals surface area contributed by atoms with Crippen LogP contribution in [0.4, 0.5) is 5.82 Å². The molecule has 0 spiro atoms. The van der Waals surface area contributed by atoms with Gasteiger partial charge in [-0.15, -0.1) is 0 Å². The highest BCUT2D eigenvalue weighted by Gasteiger charge is 2.16. The zero-order valence-corrected chi connectivity index (χ0v) is 14.8. The SMILES string of the molecule is CCNS(=O)(=O)c1cccc(C(=O)Nc2ccnn2CC(C)C)c1. The van der Waals surface area contributed by atoms with Crippen molar-refractivity contribution in [1.82, 2.24) is 14.5 Å². The molecule has 0 unspecified atom stereocenters. The molecule has 0 saturated heterocycles. The van der Waals surface area contributed by atoms with Crippen LogP contribution in [0.1, 0.15) is 31.1 Å². The van der Waals surface area contributed by atoms with Crippen LogP contribution < -0.4 is 10.0 Å². The van der Waals surface area contributed by atoms with E-state index in [9.17, 15) is 13.2 Å². The molecule has 2 aromatic rings. The lowest BCUT2D eigenvalue weighted by Gasteiger charge is -2.11. The summed E-state index contributed by atoms with van der Waals surface area (Å²) in [4.78, 5) is 12.5. The monoisotopic (exact) mass is 350 g/mol. The maximum Gasteiger partial charge on any atom is 0.256 e. The topological polar surface area (TPSA) is 93.1 Å². The summed E-state index contributed by atoms with van der Waals surface area (Å²) in [7, 11) is -3.60. The van der Waals surface area contributed by atoms with Gasteiger partial charge in [-0.1, -0.05) is 26.8 Å². The lowest BCUT2D eigenvalue weighted by Crippen LogP contribution is -2.23. The Labute approximate surface area is 142 Å². The second-order valence-electron chi connectivity index (χ2n) is 5.78. The van der Waals surface area contributed by atoms with Gasteiger partial charge < -0.3 is 5.32 Å². The van der Waals surface area contributed by atoms with Gasteiger partial charge in [-0.2, -0.15) is 5.10 Å². The summed E-state index contributed by atoms with van der Waals surface area (Å²) in [6, 6.07) is 7.64. The van der Waals surface area contributed by atoms with E-state index in [0.29, 0.717) is 18.3 Å². The molecule has 0 aliphatic rings. The highest BCUT2D eigenvalue weighted by atomic mass is 32.2. The van der Waals surface area contributed by atoms with Gasteiger partial charge in [0, 0.05) is 24.7 Å². The minimum absolute atomic E-state index is 0.0627. The van der Waals surface area contributed by atoms with E-state index in [4.69, 9.17) is 0 Å². The molecule has 1 aromatic heterocycles. The average molecular weight is 350 g/mol. The number of hydrogen-bond donors (Lipinski definition) is 2. The summed E-state index contributed by atoms with van der Waals surface area (Å²) in [5.74, 6) is 0.580. The summed E-state index contributed by atoms with van der Waals surface area (Å²) in [6.45, 7) is 6.78. The fourth-order valence-electron chi connectivity index (χ4n) is 2.20. The number of nitrogens with one attached hydrogen (secondary N) is 2. The summed E-state index contributed by atoms with van der Waals surface area (Å²) >= 11 is 0. The molecule has 24 heavy (non-hydrogen) atoms. The van der Waals surface area contributed by atoms with E-state index in [1.807, 2.05) is 0 Å². The van der Waals surface area contributed by atoms with Gasteiger partial charge >= 0.3 is 0 Å². The van der Waals surface area contributed by atoms with Crippen LogP contribution in [0.2, 0.25) is 0 Å². The zero-order chi connectivity index (χ0) is 17.7. The molecule has 0 aliphatic carbocycles. The standard InChI is InChI=1S/C16H22N4O3S/c1-4-18-24(22,23)14-7-5-6-13(10-14)16(21)19-15-8-9-17-20(15)11-12(2)3/h5-10,12,18H,4,11H2,1-3H3,(H,19,21). The van der Waals surface area contributed by atoms with Crippen molar-refractivity contribution in [3.8, 4) is 0 Å². The van der Waals surface area contributed by atoms with Gasteiger partial charge in [0.25, 0.3) is 5.91 Å². The molecule has 7 nitrogen and oxygen atoms in total. The number of benzene rings is 1. The van der Waals surface area contributed by atoms with Crippen molar-refractivity contribution in [1.29, 1.82) is 0 Å². The lowest BCUT2D eigenvalue weighted by molar-refractivity contribution is 0.102. The van der Waals surface area contributed by atoms with Crippen molar-refractivity contribution in [2.75, 3.05) is 11.9 Å². The first-order valence-corrected chi connectivity index (χ1v) is 9.24. The highest BCUT2D eigenvalue weighted by molar-refractivity contribution is 7.89. The van der Waals surface area contributed by atoms with Crippen LogP contribution in [0.5, 0.6) is 0 Å². The molecule has 8 heteroatoms. The summed E-state index contributed by atoms with van der Waals surface area (Å²) in [6.07, 6.45) is 1.62. The smallest absolute Gasteiger partial charge is 0.256 e. The molecule has 0 bridgehead atoms. The van der Waals surface area contributed by atoms with Crippen LogP contribution in [-0.2, 0) is 16.6 Å². The number of carbonyl (C=O) groups is 1. The minimum atomic E-state index is -3.60. The van der Waals surface area contributed by atoms with Gasteiger partial charge in [-0.05, 0) is 24.1 Å². The van der Waals surface area contributed by atoms with E-state index in [0.717, 1.165) is 0 Å². The summed E-state index contributed by atoms with van der Waals surface area (Å²) in [5, 5.41) is 6.95. The Morgan fingerprint density at radius 3 is 2.71 bits per heavy atom. The van der Waals surface area contributed by atoms with Crippen LogP contribution in [0.3, 0.4) is 0 Å². The van der Waals surface area contributed by atoms with Gasteiger partial charge in [-0.3, -0.25) is 4.79 Å². The Bertz CT molecular complexity index is 812. The Balaban J connectivity index is 2.21. The molecule has 130 valence electrons. The third kappa shape index (κ3) is 4.42. The second kappa shape index (κ2) is 7.59. The maximum absolute atomic E-state index is 12.4. The third-order valence-electron chi connectivity index (χ3n) is 3.24. The van der Waals surface area contributed by atoms with Crippen molar-refractivity contribution < 1.29 is 13.2 Å². The third-order valence-corrected chi connectivity index (χ3v) is 4.78. The number of aromatic nitrogens is 2. The average Bonchev–Trinajstić information content (AvgIpc) is 2.93. The molecule has 1 aromatic carbocycles. The first-order chi connectivity index (χ1) is 11.3. The molecule has 0 saturated carbocycles. The maximum atomic E-state index is 12.4. The van der Waals surface area contributed by atoms with Gasteiger partial charge in [0.05, 0.1) is 11.1 Å². The lowest BCUT2D eigenvalue weighted by atomic mass is 10.2. The van der Waals surface area contributed by atoms with Gasteiger partial charge in [0.15, 0.2) is 0 Å². The van der Waals surface area contributed by atoms with Crippen molar-refractivity contribution in [3.05, 3.63) is 42.1 Å². The predicted octanol–water partition coefficient (Wildman–Crippen LogP) is 2.09. The second-order valence-corrected chi connectivity index (χ2v) is 7.54. The number of amides is 1. The summed E-state index contributed by atoms with van der Waals surface area (Å²) in [5.41, 5.74) is 0.270. The van der Waals surface area contributed by atoms with E-state index < -0.39 is 10.0 Å². The quantitative estimate of drug-likeness (QED) is 0.799. The molecular formula is C16H22N4O3S. The van der Waals surface area contributed by atoms with Crippen LogP contribution >= 0.6 is 0 Å². The molecular weight excluding hydrogens is 328 g/mol. The van der Waals surface area contributed by atoms with Crippen LogP contribution in [0.15, 0.2) is 41.4 Å². The van der Waals surface area contributed by atoms with Gasteiger partial charge in [0.1, 0.15) is 5.82 Å². The first kappa shape index (κ1) is 18.2. The molecule has 0 fully saturated rings. The number of anilines is 1. The fourth-order valence-corrected chi connectivity index (χ4v) is 3.28.